The van der Waals surface area contributed by atoms with Crippen molar-refractivity contribution in [2.45, 2.75) is 58.3 Å². The summed E-state index contributed by atoms with van der Waals surface area (Å²) in [4.78, 5) is 33.4. The molecule has 3 rings (SSSR count). The highest BCUT2D eigenvalue weighted by atomic mass is 16.5. The molecule has 7 nitrogen and oxygen atoms in total. The summed E-state index contributed by atoms with van der Waals surface area (Å²) in [5.74, 6) is 0.650. The summed E-state index contributed by atoms with van der Waals surface area (Å²) >= 11 is 0. The lowest BCUT2D eigenvalue weighted by molar-refractivity contribution is -0.140. The monoisotopic (exact) mass is 402 g/mol. The standard InChI is InChI=1S/C22H34N4O3/c1-17(2)5-10-25-13-9-24-22(28)20(25)14-21(27)26-11-6-19(7-12-26)29-16-18-4-3-8-23-15-18/h3-4,8,15,17,19-20H,5-7,9-14,16H2,1-2H3,(H,24,28)/t20-/m1/s1. The highest BCUT2D eigenvalue weighted by molar-refractivity contribution is 5.88. The fourth-order valence-electron chi connectivity index (χ4n) is 3.94. The van der Waals surface area contributed by atoms with Crippen LogP contribution < -0.4 is 5.32 Å². The molecule has 0 aliphatic carbocycles. The molecular weight excluding hydrogens is 368 g/mol. The average molecular weight is 403 g/mol. The van der Waals surface area contributed by atoms with Gasteiger partial charge in [0.2, 0.25) is 11.8 Å². The van der Waals surface area contributed by atoms with Gasteiger partial charge in [-0.3, -0.25) is 19.5 Å². The number of aromatic nitrogens is 1. The minimum atomic E-state index is -0.338. The van der Waals surface area contributed by atoms with Crippen LogP contribution in [0.5, 0.6) is 0 Å². The normalized spacial score (nSPS) is 21.4. The summed E-state index contributed by atoms with van der Waals surface area (Å²) in [5, 5.41) is 2.92. The van der Waals surface area contributed by atoms with E-state index in [0.717, 1.165) is 37.9 Å². The molecule has 3 heterocycles. The van der Waals surface area contributed by atoms with Crippen molar-refractivity contribution in [3.63, 3.8) is 0 Å². The topological polar surface area (TPSA) is 74.8 Å². The van der Waals surface area contributed by atoms with E-state index in [2.05, 4.69) is 29.0 Å². The van der Waals surface area contributed by atoms with Crippen molar-refractivity contribution in [1.82, 2.24) is 20.1 Å². The molecule has 2 amide bonds. The number of carbonyl (C=O) groups excluding carboxylic acids is 2. The SMILES string of the molecule is CC(C)CCN1CCNC(=O)[C@H]1CC(=O)N1CCC(OCc2cccnc2)CC1. The van der Waals surface area contributed by atoms with Crippen molar-refractivity contribution in [3.8, 4) is 0 Å². The number of carbonyl (C=O) groups is 2. The van der Waals surface area contributed by atoms with Crippen molar-refractivity contribution < 1.29 is 14.3 Å². The van der Waals surface area contributed by atoms with Crippen LogP contribution in [0.15, 0.2) is 24.5 Å². The maximum atomic E-state index is 12.9. The summed E-state index contributed by atoms with van der Waals surface area (Å²) in [6.45, 7) is 8.66. The highest BCUT2D eigenvalue weighted by Crippen LogP contribution is 2.19. The lowest BCUT2D eigenvalue weighted by atomic mass is 10.0. The molecule has 29 heavy (non-hydrogen) atoms. The van der Waals surface area contributed by atoms with Crippen molar-refractivity contribution in [1.29, 1.82) is 0 Å². The van der Waals surface area contributed by atoms with E-state index >= 15 is 0 Å². The van der Waals surface area contributed by atoms with E-state index in [1.54, 1.807) is 6.20 Å². The summed E-state index contributed by atoms with van der Waals surface area (Å²) < 4.78 is 5.99. The van der Waals surface area contributed by atoms with Gasteiger partial charge in [-0.2, -0.15) is 0 Å². The maximum Gasteiger partial charge on any atom is 0.237 e. The Morgan fingerprint density at radius 1 is 1.31 bits per heavy atom. The number of rotatable bonds is 8. The number of piperidine rings is 1. The van der Waals surface area contributed by atoms with Gasteiger partial charge in [-0.25, -0.2) is 0 Å². The fourth-order valence-corrected chi connectivity index (χ4v) is 3.94. The number of nitrogens with zero attached hydrogens (tertiary/aromatic N) is 3. The Balaban J connectivity index is 1.45. The van der Waals surface area contributed by atoms with E-state index < -0.39 is 0 Å². The maximum absolute atomic E-state index is 12.9. The Bertz CT molecular complexity index is 659. The zero-order valence-corrected chi connectivity index (χ0v) is 17.7. The molecule has 2 fully saturated rings. The minimum Gasteiger partial charge on any atom is -0.373 e. The molecule has 0 spiro atoms. The molecule has 0 bridgehead atoms. The summed E-state index contributed by atoms with van der Waals surface area (Å²) in [5.41, 5.74) is 1.07. The first-order chi connectivity index (χ1) is 14.0. The quantitative estimate of drug-likeness (QED) is 0.718. The van der Waals surface area contributed by atoms with Gasteiger partial charge >= 0.3 is 0 Å². The van der Waals surface area contributed by atoms with E-state index in [0.29, 0.717) is 32.2 Å². The number of nitrogens with one attached hydrogen (secondary N) is 1. The number of hydrogen-bond donors (Lipinski definition) is 1. The van der Waals surface area contributed by atoms with Crippen molar-refractivity contribution in [2.24, 2.45) is 5.92 Å². The average Bonchev–Trinajstić information content (AvgIpc) is 2.73. The number of amides is 2. The Morgan fingerprint density at radius 2 is 2.10 bits per heavy atom. The molecule has 7 heteroatoms. The lowest BCUT2D eigenvalue weighted by Crippen LogP contribution is -2.57. The molecule has 1 aromatic rings. The number of ether oxygens (including phenoxy) is 1. The number of pyridine rings is 1. The molecular formula is C22H34N4O3. The van der Waals surface area contributed by atoms with Crippen LogP contribution in [-0.2, 0) is 20.9 Å². The molecule has 0 saturated carbocycles. The largest absolute Gasteiger partial charge is 0.373 e. The predicted molar refractivity (Wildman–Crippen MR) is 111 cm³/mol. The fraction of sp³-hybridized carbons (Fsp3) is 0.682. The Hall–Kier alpha value is -1.99. The minimum absolute atomic E-state index is 0.0111. The van der Waals surface area contributed by atoms with Gasteiger partial charge in [-0.15, -0.1) is 0 Å². The van der Waals surface area contributed by atoms with Gasteiger partial charge in [0, 0.05) is 38.6 Å². The third-order valence-electron chi connectivity index (χ3n) is 5.81. The summed E-state index contributed by atoms with van der Waals surface area (Å²) in [6, 6.07) is 3.58. The van der Waals surface area contributed by atoms with Crippen LogP contribution in [-0.4, -0.2) is 71.5 Å². The molecule has 1 N–H and O–H groups in total. The summed E-state index contributed by atoms with van der Waals surface area (Å²) in [6.07, 6.45) is 6.71. The molecule has 1 aromatic heterocycles. The van der Waals surface area contributed by atoms with Crippen LogP contribution in [0.3, 0.4) is 0 Å². The zero-order chi connectivity index (χ0) is 20.6. The molecule has 2 aliphatic heterocycles. The first-order valence-electron chi connectivity index (χ1n) is 10.8. The van der Waals surface area contributed by atoms with Crippen LogP contribution in [0.25, 0.3) is 0 Å². The third-order valence-corrected chi connectivity index (χ3v) is 5.81. The predicted octanol–water partition coefficient (Wildman–Crippen LogP) is 1.83. The second-order valence-corrected chi connectivity index (χ2v) is 8.48. The van der Waals surface area contributed by atoms with Crippen LogP contribution in [0.4, 0.5) is 0 Å². The first kappa shape index (κ1) is 21.7. The smallest absolute Gasteiger partial charge is 0.237 e. The van der Waals surface area contributed by atoms with Gasteiger partial charge in [0.05, 0.1) is 25.2 Å². The van der Waals surface area contributed by atoms with Gasteiger partial charge in [-0.05, 0) is 43.4 Å². The molecule has 0 radical (unpaired) electrons. The molecule has 2 aliphatic rings. The molecule has 2 saturated heterocycles. The van der Waals surface area contributed by atoms with Gasteiger partial charge in [0.25, 0.3) is 0 Å². The molecule has 0 unspecified atom stereocenters. The van der Waals surface area contributed by atoms with Crippen LogP contribution in [0.1, 0.15) is 45.1 Å². The highest BCUT2D eigenvalue weighted by Gasteiger charge is 2.33. The van der Waals surface area contributed by atoms with E-state index in [-0.39, 0.29) is 30.4 Å². The van der Waals surface area contributed by atoms with Gasteiger partial charge in [0.1, 0.15) is 0 Å². The second kappa shape index (κ2) is 10.7. The van der Waals surface area contributed by atoms with Crippen molar-refractivity contribution in [3.05, 3.63) is 30.1 Å². The van der Waals surface area contributed by atoms with Crippen LogP contribution >= 0.6 is 0 Å². The van der Waals surface area contributed by atoms with E-state index in [1.165, 1.54) is 0 Å². The molecule has 160 valence electrons. The molecule has 0 aromatic carbocycles. The number of likely N-dealkylation sites (tertiary alicyclic amines) is 1. The zero-order valence-electron chi connectivity index (χ0n) is 17.7. The van der Waals surface area contributed by atoms with Gasteiger partial charge in [-0.1, -0.05) is 19.9 Å². The van der Waals surface area contributed by atoms with E-state index in [4.69, 9.17) is 4.74 Å². The Labute approximate surface area is 173 Å². The third kappa shape index (κ3) is 6.51. The Morgan fingerprint density at radius 3 is 2.79 bits per heavy atom. The molecule has 1 atom stereocenters. The number of hydrogen-bond acceptors (Lipinski definition) is 5. The first-order valence-corrected chi connectivity index (χ1v) is 10.8. The van der Waals surface area contributed by atoms with Crippen molar-refractivity contribution >= 4 is 11.8 Å². The van der Waals surface area contributed by atoms with Crippen molar-refractivity contribution in [2.75, 3.05) is 32.7 Å². The van der Waals surface area contributed by atoms with Gasteiger partial charge < -0.3 is 15.0 Å². The van der Waals surface area contributed by atoms with E-state index in [1.807, 2.05) is 23.2 Å². The Kier molecular flexibility index (Phi) is 8.00. The van der Waals surface area contributed by atoms with E-state index in [9.17, 15) is 9.59 Å². The van der Waals surface area contributed by atoms with Gasteiger partial charge in [0.15, 0.2) is 0 Å². The van der Waals surface area contributed by atoms with Crippen LogP contribution in [0, 0.1) is 5.92 Å². The lowest BCUT2D eigenvalue weighted by Gasteiger charge is -2.37. The number of piperazine rings is 1. The van der Waals surface area contributed by atoms with Crippen LogP contribution in [0.2, 0.25) is 0 Å². The summed E-state index contributed by atoms with van der Waals surface area (Å²) in [7, 11) is 0. The second-order valence-electron chi connectivity index (χ2n) is 8.48.